The molecule has 0 radical (unpaired) electrons. The van der Waals surface area contributed by atoms with Gasteiger partial charge in [-0.2, -0.15) is 0 Å². The molecule has 1 fully saturated rings. The van der Waals surface area contributed by atoms with Gasteiger partial charge in [-0.25, -0.2) is 0 Å². The number of carbonyl (C=O) groups is 2. The molecule has 1 heterocycles. The fourth-order valence-electron chi connectivity index (χ4n) is 3.36. The minimum Gasteiger partial charge on any atom is -0.496 e. The predicted octanol–water partition coefficient (Wildman–Crippen LogP) is 2.32. The smallest absolute Gasteiger partial charge is 0.234 e. The standard InChI is InChI=1S/C21H33N3O3/c1-16(25)17-7-8-19(27-5)18(13-17)14-23-9-6-10-24(12-11-23)15-20(26)22-21(2,3)4/h7-8,13H,6,9-12,14-15H2,1-5H3,(H,22,26). The Morgan fingerprint density at radius 2 is 1.78 bits per heavy atom. The fourth-order valence-corrected chi connectivity index (χ4v) is 3.36. The van der Waals surface area contributed by atoms with Crippen LogP contribution in [0.15, 0.2) is 18.2 Å². The van der Waals surface area contributed by atoms with E-state index in [0.29, 0.717) is 12.1 Å². The van der Waals surface area contributed by atoms with Crippen molar-refractivity contribution in [3.8, 4) is 5.75 Å². The molecule has 0 aliphatic carbocycles. The van der Waals surface area contributed by atoms with Crippen molar-refractivity contribution in [1.82, 2.24) is 15.1 Å². The van der Waals surface area contributed by atoms with Crippen LogP contribution in [0, 0.1) is 0 Å². The van der Waals surface area contributed by atoms with Gasteiger partial charge in [0.25, 0.3) is 0 Å². The molecule has 1 aromatic rings. The molecule has 6 heteroatoms. The number of hydrogen-bond acceptors (Lipinski definition) is 5. The Morgan fingerprint density at radius 1 is 1.11 bits per heavy atom. The summed E-state index contributed by atoms with van der Waals surface area (Å²) in [4.78, 5) is 28.4. The van der Waals surface area contributed by atoms with E-state index in [1.54, 1.807) is 14.0 Å². The molecule has 6 nitrogen and oxygen atoms in total. The Morgan fingerprint density at radius 3 is 2.41 bits per heavy atom. The van der Waals surface area contributed by atoms with Gasteiger partial charge in [0.05, 0.1) is 13.7 Å². The minimum atomic E-state index is -0.201. The van der Waals surface area contributed by atoms with Crippen molar-refractivity contribution in [1.29, 1.82) is 0 Å². The van der Waals surface area contributed by atoms with Gasteiger partial charge < -0.3 is 10.1 Å². The van der Waals surface area contributed by atoms with E-state index in [1.165, 1.54) is 0 Å². The zero-order valence-corrected chi connectivity index (χ0v) is 17.3. The molecular weight excluding hydrogens is 342 g/mol. The highest BCUT2D eigenvalue weighted by molar-refractivity contribution is 5.94. The number of ether oxygens (including phenoxy) is 1. The van der Waals surface area contributed by atoms with Crippen LogP contribution in [-0.4, -0.2) is 66.9 Å². The zero-order chi connectivity index (χ0) is 20.0. The maximum absolute atomic E-state index is 12.2. The molecule has 0 atom stereocenters. The molecule has 1 aliphatic heterocycles. The zero-order valence-electron chi connectivity index (χ0n) is 17.3. The molecule has 1 N–H and O–H groups in total. The van der Waals surface area contributed by atoms with Crippen molar-refractivity contribution < 1.29 is 14.3 Å². The summed E-state index contributed by atoms with van der Waals surface area (Å²) in [7, 11) is 1.66. The average molecular weight is 376 g/mol. The second-order valence-electron chi connectivity index (χ2n) is 8.29. The Bertz CT molecular complexity index is 667. The van der Waals surface area contributed by atoms with Gasteiger partial charge in [-0.15, -0.1) is 0 Å². The van der Waals surface area contributed by atoms with E-state index < -0.39 is 0 Å². The largest absolute Gasteiger partial charge is 0.496 e. The summed E-state index contributed by atoms with van der Waals surface area (Å²) in [5, 5.41) is 3.03. The maximum Gasteiger partial charge on any atom is 0.234 e. The van der Waals surface area contributed by atoms with E-state index in [9.17, 15) is 9.59 Å². The molecule has 0 aromatic heterocycles. The van der Waals surface area contributed by atoms with Crippen molar-refractivity contribution in [2.24, 2.45) is 0 Å². The highest BCUT2D eigenvalue weighted by atomic mass is 16.5. The molecule has 150 valence electrons. The number of hydrogen-bond donors (Lipinski definition) is 1. The number of ketones is 1. The van der Waals surface area contributed by atoms with Gasteiger partial charge in [-0.3, -0.25) is 19.4 Å². The number of benzene rings is 1. The molecule has 1 aromatic carbocycles. The summed E-state index contributed by atoms with van der Waals surface area (Å²) in [5.74, 6) is 0.947. The Labute approximate surface area is 162 Å². The van der Waals surface area contributed by atoms with Crippen molar-refractivity contribution in [2.45, 2.75) is 46.2 Å². The lowest BCUT2D eigenvalue weighted by Crippen LogP contribution is -2.46. The molecule has 0 bridgehead atoms. The van der Waals surface area contributed by atoms with Crippen LogP contribution in [0.1, 0.15) is 50.0 Å². The van der Waals surface area contributed by atoms with Crippen LogP contribution in [0.2, 0.25) is 0 Å². The summed E-state index contributed by atoms with van der Waals surface area (Å²) >= 11 is 0. The Kier molecular flexibility index (Phi) is 7.39. The lowest BCUT2D eigenvalue weighted by molar-refractivity contribution is -0.123. The van der Waals surface area contributed by atoms with Crippen LogP contribution in [0.5, 0.6) is 5.75 Å². The molecule has 27 heavy (non-hydrogen) atoms. The van der Waals surface area contributed by atoms with Crippen LogP contribution in [-0.2, 0) is 11.3 Å². The number of carbonyl (C=O) groups excluding carboxylic acids is 2. The first-order valence-electron chi connectivity index (χ1n) is 9.61. The highest BCUT2D eigenvalue weighted by Crippen LogP contribution is 2.22. The maximum atomic E-state index is 12.2. The van der Waals surface area contributed by atoms with Gasteiger partial charge in [0.15, 0.2) is 5.78 Å². The van der Waals surface area contributed by atoms with E-state index in [1.807, 2.05) is 39.0 Å². The second kappa shape index (κ2) is 9.33. The van der Waals surface area contributed by atoms with Gasteiger partial charge in [0, 0.05) is 36.3 Å². The van der Waals surface area contributed by atoms with Gasteiger partial charge in [0.2, 0.25) is 5.91 Å². The molecule has 0 saturated carbocycles. The second-order valence-corrected chi connectivity index (χ2v) is 8.29. The molecule has 2 rings (SSSR count). The normalized spacial score (nSPS) is 16.6. The number of methoxy groups -OCH3 is 1. The van der Waals surface area contributed by atoms with E-state index in [-0.39, 0.29) is 17.2 Å². The third kappa shape index (κ3) is 6.96. The third-order valence-electron chi connectivity index (χ3n) is 4.64. The summed E-state index contributed by atoms with van der Waals surface area (Å²) in [6.07, 6.45) is 1.01. The molecule has 0 unspecified atom stereocenters. The van der Waals surface area contributed by atoms with Crippen molar-refractivity contribution in [3.05, 3.63) is 29.3 Å². The molecule has 1 amide bonds. The van der Waals surface area contributed by atoms with Crippen LogP contribution in [0.4, 0.5) is 0 Å². The summed E-state index contributed by atoms with van der Waals surface area (Å²) in [6.45, 7) is 12.4. The lowest BCUT2D eigenvalue weighted by atomic mass is 10.1. The van der Waals surface area contributed by atoms with Crippen LogP contribution in [0.25, 0.3) is 0 Å². The summed E-state index contributed by atoms with van der Waals surface area (Å²) in [5.41, 5.74) is 1.54. The van der Waals surface area contributed by atoms with Gasteiger partial charge in [0.1, 0.15) is 5.75 Å². The quantitative estimate of drug-likeness (QED) is 0.773. The first-order valence-corrected chi connectivity index (χ1v) is 9.61. The number of nitrogens with one attached hydrogen (secondary N) is 1. The predicted molar refractivity (Wildman–Crippen MR) is 107 cm³/mol. The average Bonchev–Trinajstić information content (AvgIpc) is 2.78. The first kappa shape index (κ1) is 21.4. The summed E-state index contributed by atoms with van der Waals surface area (Å²) in [6, 6.07) is 5.61. The fraction of sp³-hybridized carbons (Fsp3) is 0.619. The van der Waals surface area contributed by atoms with E-state index in [4.69, 9.17) is 4.74 Å². The Balaban J connectivity index is 1.96. The number of nitrogens with zero attached hydrogens (tertiary/aromatic N) is 2. The molecule has 0 spiro atoms. The van der Waals surface area contributed by atoms with Crippen LogP contribution in [0.3, 0.4) is 0 Å². The topological polar surface area (TPSA) is 61.9 Å². The number of Topliss-reactive ketones (excluding diaryl/α,β-unsaturated/α-hetero) is 1. The van der Waals surface area contributed by atoms with E-state index in [0.717, 1.165) is 50.5 Å². The van der Waals surface area contributed by atoms with E-state index >= 15 is 0 Å². The van der Waals surface area contributed by atoms with Crippen LogP contribution >= 0.6 is 0 Å². The third-order valence-corrected chi connectivity index (χ3v) is 4.64. The monoisotopic (exact) mass is 375 g/mol. The van der Waals surface area contributed by atoms with Crippen LogP contribution < -0.4 is 10.1 Å². The molecule has 1 aliphatic rings. The minimum absolute atomic E-state index is 0.0609. The highest BCUT2D eigenvalue weighted by Gasteiger charge is 2.20. The Hall–Kier alpha value is -1.92. The summed E-state index contributed by atoms with van der Waals surface area (Å²) < 4.78 is 5.47. The van der Waals surface area contributed by atoms with Gasteiger partial charge in [-0.05, 0) is 65.4 Å². The van der Waals surface area contributed by atoms with Crippen molar-refractivity contribution >= 4 is 11.7 Å². The van der Waals surface area contributed by atoms with Crippen molar-refractivity contribution in [3.63, 3.8) is 0 Å². The van der Waals surface area contributed by atoms with Gasteiger partial charge >= 0.3 is 0 Å². The van der Waals surface area contributed by atoms with E-state index in [2.05, 4.69) is 15.1 Å². The number of amides is 1. The first-order chi connectivity index (χ1) is 12.7. The molecule has 1 saturated heterocycles. The van der Waals surface area contributed by atoms with Gasteiger partial charge in [-0.1, -0.05) is 0 Å². The molecular formula is C21H33N3O3. The van der Waals surface area contributed by atoms with Crippen molar-refractivity contribution in [2.75, 3.05) is 39.8 Å². The number of rotatable bonds is 6. The SMILES string of the molecule is COc1ccc(C(C)=O)cc1CN1CCCN(CC(=O)NC(C)(C)C)CC1. The lowest BCUT2D eigenvalue weighted by Gasteiger charge is -2.25.